The van der Waals surface area contributed by atoms with Crippen LogP contribution >= 0.6 is 0 Å². The van der Waals surface area contributed by atoms with Crippen LogP contribution in [0.1, 0.15) is 66.2 Å². The van der Waals surface area contributed by atoms with Gasteiger partial charge in [0.05, 0.1) is 24.9 Å². The first-order chi connectivity index (χ1) is 17.0. The zero-order valence-electron chi connectivity index (χ0n) is 22.5. The molecule has 9 rings (SSSR count). The van der Waals surface area contributed by atoms with Crippen molar-refractivity contribution in [3.05, 3.63) is 12.2 Å². The lowest BCUT2D eigenvalue weighted by Gasteiger charge is -2.49. The zero-order chi connectivity index (χ0) is 23.3. The van der Waals surface area contributed by atoms with E-state index in [9.17, 15) is 0 Å². The highest BCUT2D eigenvalue weighted by atomic mass is 16.5. The van der Waals surface area contributed by atoms with Crippen molar-refractivity contribution in [2.24, 2.45) is 101 Å². The van der Waals surface area contributed by atoms with E-state index in [4.69, 9.17) is 9.47 Å². The molecule has 2 aliphatic heterocycles. The third-order valence-electron chi connectivity index (χ3n) is 14.7. The van der Waals surface area contributed by atoms with Gasteiger partial charge in [-0.05, 0) is 133 Å². The summed E-state index contributed by atoms with van der Waals surface area (Å²) < 4.78 is 14.1. The molecule has 2 nitrogen and oxygen atoms in total. The molecule has 192 valence electrons. The molecule has 19 atom stereocenters. The minimum absolute atomic E-state index is 0.509. The van der Waals surface area contributed by atoms with Crippen LogP contribution in [-0.4, -0.2) is 24.9 Å². The van der Waals surface area contributed by atoms with Crippen molar-refractivity contribution in [2.45, 2.75) is 84.5 Å². The minimum atomic E-state index is 0.509. The largest absolute Gasteiger partial charge is 0.378 e. The molecule has 8 fully saturated rings. The van der Waals surface area contributed by atoms with Crippen LogP contribution in [0.2, 0.25) is 0 Å². The Hall–Kier alpha value is -0.340. The van der Waals surface area contributed by atoms with Crippen molar-refractivity contribution in [1.82, 2.24) is 0 Å². The monoisotopic (exact) mass is 476 g/mol. The Morgan fingerprint density at radius 3 is 2.06 bits per heavy atom. The zero-order valence-corrected chi connectivity index (χ0v) is 22.5. The highest BCUT2D eigenvalue weighted by Crippen LogP contribution is 2.78. The average molecular weight is 477 g/mol. The molecule has 35 heavy (non-hydrogen) atoms. The number of rotatable bonds is 4. The van der Waals surface area contributed by atoms with E-state index >= 15 is 0 Å². The molecule has 0 spiro atoms. The predicted octanol–water partition coefficient (Wildman–Crippen LogP) is 6.70. The van der Waals surface area contributed by atoms with Gasteiger partial charge < -0.3 is 9.47 Å². The summed E-state index contributed by atoms with van der Waals surface area (Å²) in [5.74, 6) is 15.5. The Morgan fingerprint density at radius 1 is 0.743 bits per heavy atom. The van der Waals surface area contributed by atoms with Gasteiger partial charge in [-0.3, -0.25) is 0 Å². The van der Waals surface area contributed by atoms with Crippen molar-refractivity contribution in [3.8, 4) is 0 Å². The summed E-state index contributed by atoms with van der Waals surface area (Å²) in [5, 5.41) is 0. The molecule has 0 aromatic carbocycles. The fraction of sp³-hybridized carbons (Fsp3) is 0.939. The first-order valence-electron chi connectivity index (χ1n) is 16.0. The molecular formula is C33H48O2. The van der Waals surface area contributed by atoms with Crippen LogP contribution in [0.3, 0.4) is 0 Å². The number of hydrogen-bond acceptors (Lipinski definition) is 2. The molecule has 0 radical (unpaired) electrons. The summed E-state index contributed by atoms with van der Waals surface area (Å²) in [4.78, 5) is 0. The fourth-order valence-corrected chi connectivity index (χ4v) is 13.8. The lowest BCUT2D eigenvalue weighted by molar-refractivity contribution is -0.0792. The summed E-state index contributed by atoms with van der Waals surface area (Å²) >= 11 is 0. The van der Waals surface area contributed by atoms with E-state index in [0.717, 1.165) is 107 Å². The Kier molecular flexibility index (Phi) is 4.43. The van der Waals surface area contributed by atoms with Crippen LogP contribution < -0.4 is 0 Å². The molecule has 8 bridgehead atoms. The number of allylic oxidation sites excluding steroid dienone is 2. The molecule has 19 unspecified atom stereocenters. The number of hydrogen-bond donors (Lipinski definition) is 0. The summed E-state index contributed by atoms with van der Waals surface area (Å²) in [6.45, 7) is 11.0. The van der Waals surface area contributed by atoms with Crippen LogP contribution in [0.15, 0.2) is 12.2 Å². The van der Waals surface area contributed by atoms with Gasteiger partial charge >= 0.3 is 0 Å². The molecule has 0 N–H and O–H groups in total. The van der Waals surface area contributed by atoms with Crippen molar-refractivity contribution in [3.63, 3.8) is 0 Å². The second-order valence-electron chi connectivity index (χ2n) is 15.8. The number of fused-ring (bicyclic) bond motifs is 23. The van der Waals surface area contributed by atoms with Gasteiger partial charge in [-0.15, -0.1) is 0 Å². The van der Waals surface area contributed by atoms with E-state index in [1.807, 2.05) is 0 Å². The van der Waals surface area contributed by atoms with E-state index in [1.54, 1.807) is 6.42 Å². The highest BCUT2D eigenvalue weighted by molar-refractivity contribution is 5.28. The van der Waals surface area contributed by atoms with Gasteiger partial charge in [0.25, 0.3) is 0 Å². The standard InChI is InChI=1S/C33H48O2/c1-14(2)19-8-5-15(3)9-25(19)34-13-24-16(4)20-11-21(24)29-28(20)32-30-22-12-23(31(30)33(29)35-32)27-18-7-6-17(10-18)26(22)27/h6-7,14-33H,5,8-13H2,1-4H3. The van der Waals surface area contributed by atoms with E-state index < -0.39 is 0 Å². The fourth-order valence-electron chi connectivity index (χ4n) is 13.8. The third-order valence-corrected chi connectivity index (χ3v) is 14.7. The quantitative estimate of drug-likeness (QED) is 0.332. The smallest absolute Gasteiger partial charge is 0.0648 e. The van der Waals surface area contributed by atoms with Crippen molar-refractivity contribution in [2.75, 3.05) is 6.61 Å². The van der Waals surface area contributed by atoms with Gasteiger partial charge in [-0.1, -0.05) is 46.3 Å². The van der Waals surface area contributed by atoms with Crippen molar-refractivity contribution in [1.29, 1.82) is 0 Å². The molecular weight excluding hydrogens is 428 g/mol. The van der Waals surface area contributed by atoms with Crippen LogP contribution in [-0.2, 0) is 9.47 Å². The second-order valence-corrected chi connectivity index (χ2v) is 15.8. The summed E-state index contributed by atoms with van der Waals surface area (Å²) in [5.41, 5.74) is 0. The lowest BCUT2D eigenvalue weighted by atomic mass is 9.53. The number of ether oxygens (including phenoxy) is 2. The molecule has 0 aromatic heterocycles. The van der Waals surface area contributed by atoms with Crippen LogP contribution in [0, 0.1) is 101 Å². The van der Waals surface area contributed by atoms with E-state index in [2.05, 4.69) is 39.8 Å². The maximum Gasteiger partial charge on any atom is 0.0648 e. The van der Waals surface area contributed by atoms with Crippen molar-refractivity contribution >= 4 is 0 Å². The Labute approximate surface area is 213 Å². The third kappa shape index (κ3) is 2.57. The van der Waals surface area contributed by atoms with Crippen LogP contribution in [0.4, 0.5) is 0 Å². The molecule has 2 saturated heterocycles. The van der Waals surface area contributed by atoms with Crippen LogP contribution in [0.25, 0.3) is 0 Å². The van der Waals surface area contributed by atoms with Gasteiger partial charge in [0, 0.05) is 0 Å². The normalized spacial score (nSPS) is 66.1. The Balaban J connectivity index is 0.954. The Bertz CT molecular complexity index is 924. The average Bonchev–Trinajstić information content (AvgIpc) is 3.65. The Morgan fingerprint density at radius 2 is 1.37 bits per heavy atom. The molecule has 2 heterocycles. The second kappa shape index (κ2) is 7.19. The molecule has 0 amide bonds. The maximum atomic E-state index is 7.12. The molecule has 2 heteroatoms. The highest BCUT2D eigenvalue weighted by Gasteiger charge is 2.77. The molecule has 6 saturated carbocycles. The maximum absolute atomic E-state index is 7.12. The van der Waals surface area contributed by atoms with Gasteiger partial charge in [-0.2, -0.15) is 0 Å². The molecule has 7 aliphatic carbocycles. The summed E-state index contributed by atoms with van der Waals surface area (Å²) in [6.07, 6.45) is 15.7. The molecule has 9 aliphatic rings. The summed E-state index contributed by atoms with van der Waals surface area (Å²) in [6, 6.07) is 0. The van der Waals surface area contributed by atoms with Crippen molar-refractivity contribution < 1.29 is 9.47 Å². The van der Waals surface area contributed by atoms with Gasteiger partial charge in [-0.25, -0.2) is 0 Å². The predicted molar refractivity (Wildman–Crippen MR) is 137 cm³/mol. The van der Waals surface area contributed by atoms with E-state index in [0.29, 0.717) is 18.3 Å². The molecule has 0 aromatic rings. The van der Waals surface area contributed by atoms with Gasteiger partial charge in [0.15, 0.2) is 0 Å². The van der Waals surface area contributed by atoms with Crippen LogP contribution in [0.5, 0.6) is 0 Å². The van der Waals surface area contributed by atoms with E-state index in [1.165, 1.54) is 32.1 Å². The summed E-state index contributed by atoms with van der Waals surface area (Å²) in [7, 11) is 0. The lowest BCUT2D eigenvalue weighted by Crippen LogP contribution is -2.51. The SMILES string of the molecule is CC1CCC(C(C)C)C(OCC2C(C)C3CC2C2C4OC(C32)C2C3CC(C5C6C=CC(C6)C35)C42)C1. The van der Waals surface area contributed by atoms with E-state index in [-0.39, 0.29) is 0 Å². The first-order valence-corrected chi connectivity index (χ1v) is 16.0. The van der Waals surface area contributed by atoms with Gasteiger partial charge in [0.1, 0.15) is 0 Å². The van der Waals surface area contributed by atoms with Gasteiger partial charge in [0.2, 0.25) is 0 Å². The minimum Gasteiger partial charge on any atom is -0.378 e. The first kappa shape index (κ1) is 21.6. The topological polar surface area (TPSA) is 18.5 Å².